The number of H-pyrrole nitrogens is 2. The van der Waals surface area contributed by atoms with Gasteiger partial charge in [-0.15, -0.1) is 0 Å². The maximum absolute atomic E-state index is 15.4. The van der Waals surface area contributed by atoms with Crippen molar-refractivity contribution in [2.45, 2.75) is 24.6 Å². The molecule has 5 heterocycles. The van der Waals surface area contributed by atoms with E-state index < -0.39 is 32.6 Å². The van der Waals surface area contributed by atoms with Crippen LogP contribution in [-0.2, 0) is 16.6 Å². The third-order valence-corrected chi connectivity index (χ3v) is 9.34. The van der Waals surface area contributed by atoms with Crippen LogP contribution < -0.4 is 10.3 Å². The molecule has 5 aromatic heterocycles. The van der Waals surface area contributed by atoms with Crippen molar-refractivity contribution < 1.29 is 22.0 Å². The fourth-order valence-electron chi connectivity index (χ4n) is 5.04. The zero-order valence-corrected chi connectivity index (χ0v) is 23.0. The molecule has 7 rings (SSSR count). The van der Waals surface area contributed by atoms with Crippen LogP contribution in [0, 0.1) is 5.82 Å². The number of carbonyl (C=O) groups excluding carboxylic acids is 1. The monoisotopic (exact) mass is 614 g/mol. The quantitative estimate of drug-likeness (QED) is 0.229. The van der Waals surface area contributed by atoms with Crippen molar-refractivity contribution in [1.82, 2.24) is 29.2 Å². The smallest absolute Gasteiger partial charge is 0.282 e. The van der Waals surface area contributed by atoms with Crippen molar-refractivity contribution in [3.8, 4) is 11.1 Å². The third-order valence-electron chi connectivity index (χ3n) is 7.02. The first-order chi connectivity index (χ1) is 19.6. The topological polar surface area (TPSA) is 156 Å². The highest BCUT2D eigenvalue weighted by molar-refractivity contribution is 7.91. The van der Waals surface area contributed by atoms with Crippen LogP contribution >= 0.6 is 23.2 Å². The second kappa shape index (κ2) is 9.16. The van der Waals surface area contributed by atoms with E-state index in [1.807, 2.05) is 0 Å². The van der Waals surface area contributed by atoms with E-state index in [1.165, 1.54) is 35.2 Å². The standard InChI is InChI=1S/C26H17Cl2FN6O5S/c27-22-11(8-16-23(32-22)33-26(28)31-16)10-35-17-9-15(29)13-5-7-40-21(13)19(17)18(14-2-1-6-30-24(14)36)20(35)25(37)34-41(38,39)12-3-4-12/h1-2,5-9,12H,3-4,10H2,(H,30,36)(H,34,37)(H,31,32,33). The van der Waals surface area contributed by atoms with Gasteiger partial charge in [0.2, 0.25) is 15.3 Å². The summed E-state index contributed by atoms with van der Waals surface area (Å²) in [5, 5.41) is -0.224. The molecule has 1 amide bonds. The number of halogens is 3. The number of sulfonamides is 1. The lowest BCUT2D eigenvalue weighted by molar-refractivity contribution is 0.0974. The number of nitrogens with zero attached hydrogens (tertiary/aromatic N) is 3. The number of nitrogens with one attached hydrogen (secondary N) is 3. The molecule has 1 aliphatic rings. The molecular formula is C26H17Cl2FN6O5S. The third kappa shape index (κ3) is 4.19. The lowest BCUT2D eigenvalue weighted by Gasteiger charge is -2.14. The summed E-state index contributed by atoms with van der Waals surface area (Å²) in [6.45, 7) is -0.169. The molecule has 0 bridgehead atoms. The minimum atomic E-state index is -4.01. The maximum atomic E-state index is 15.4. The Kier molecular flexibility index (Phi) is 5.75. The van der Waals surface area contributed by atoms with Crippen LogP contribution in [0.25, 0.3) is 44.2 Å². The van der Waals surface area contributed by atoms with Crippen LogP contribution in [0.5, 0.6) is 0 Å². The molecule has 0 aliphatic heterocycles. The highest BCUT2D eigenvalue weighted by Gasteiger charge is 2.39. The van der Waals surface area contributed by atoms with Gasteiger partial charge in [-0.1, -0.05) is 11.6 Å². The van der Waals surface area contributed by atoms with Gasteiger partial charge in [-0.3, -0.25) is 9.59 Å². The minimum absolute atomic E-state index is 0.0260. The van der Waals surface area contributed by atoms with Crippen molar-refractivity contribution >= 4 is 72.2 Å². The van der Waals surface area contributed by atoms with E-state index >= 15 is 4.39 Å². The minimum Gasteiger partial charge on any atom is -0.463 e. The number of hydrogen-bond donors (Lipinski definition) is 3. The Bertz CT molecular complexity index is 2230. The molecule has 0 unspecified atom stereocenters. The number of furan rings is 1. The molecule has 1 fully saturated rings. The van der Waals surface area contributed by atoms with Gasteiger partial charge in [-0.2, -0.15) is 4.98 Å². The van der Waals surface area contributed by atoms with Crippen molar-refractivity contribution in [3.05, 3.63) is 80.7 Å². The van der Waals surface area contributed by atoms with E-state index in [-0.39, 0.29) is 61.3 Å². The van der Waals surface area contributed by atoms with Gasteiger partial charge < -0.3 is 19.0 Å². The Morgan fingerprint density at radius 1 is 1.22 bits per heavy atom. The first-order valence-electron chi connectivity index (χ1n) is 12.3. The van der Waals surface area contributed by atoms with Crippen molar-refractivity contribution in [1.29, 1.82) is 0 Å². The van der Waals surface area contributed by atoms with Gasteiger partial charge in [0.15, 0.2) is 5.65 Å². The molecule has 11 nitrogen and oxygen atoms in total. The lowest BCUT2D eigenvalue weighted by Crippen LogP contribution is -2.35. The summed E-state index contributed by atoms with van der Waals surface area (Å²) in [7, 11) is -4.01. The predicted molar refractivity (Wildman–Crippen MR) is 150 cm³/mol. The van der Waals surface area contributed by atoms with Gasteiger partial charge in [-0.05, 0) is 54.8 Å². The van der Waals surface area contributed by atoms with Gasteiger partial charge in [-0.25, -0.2) is 22.5 Å². The summed E-state index contributed by atoms with van der Waals surface area (Å²) in [5.74, 6) is -1.65. The molecule has 6 aromatic rings. The summed E-state index contributed by atoms with van der Waals surface area (Å²) in [6, 6.07) is 7.29. The number of pyridine rings is 2. The summed E-state index contributed by atoms with van der Waals surface area (Å²) < 4.78 is 50.3. The van der Waals surface area contributed by atoms with E-state index in [0.29, 0.717) is 23.9 Å². The van der Waals surface area contributed by atoms with E-state index in [2.05, 4.69) is 24.7 Å². The number of hydrogen-bond acceptors (Lipinski definition) is 7. The largest absolute Gasteiger partial charge is 0.463 e. The molecule has 1 saturated carbocycles. The first-order valence-corrected chi connectivity index (χ1v) is 14.6. The molecule has 208 valence electrons. The van der Waals surface area contributed by atoms with Crippen LogP contribution in [0.4, 0.5) is 4.39 Å². The van der Waals surface area contributed by atoms with Crippen molar-refractivity contribution in [2.75, 3.05) is 0 Å². The fraction of sp³-hybridized carbons (Fsp3) is 0.154. The van der Waals surface area contributed by atoms with E-state index in [4.69, 9.17) is 27.6 Å². The molecule has 0 radical (unpaired) electrons. The highest BCUT2D eigenvalue weighted by Crippen LogP contribution is 2.41. The molecule has 1 aliphatic carbocycles. The first kappa shape index (κ1) is 25.7. The zero-order chi connectivity index (χ0) is 28.6. The molecule has 0 spiro atoms. The molecule has 41 heavy (non-hydrogen) atoms. The average molecular weight is 615 g/mol. The molecule has 1 aromatic carbocycles. The average Bonchev–Trinajstić information content (AvgIpc) is 3.45. The Morgan fingerprint density at radius 3 is 2.78 bits per heavy atom. The number of benzene rings is 1. The second-order valence-corrected chi connectivity index (χ2v) is 12.3. The number of carbonyl (C=O) groups is 1. The van der Waals surface area contributed by atoms with Crippen LogP contribution in [0.3, 0.4) is 0 Å². The van der Waals surface area contributed by atoms with Crippen LogP contribution in [0.2, 0.25) is 10.4 Å². The summed E-state index contributed by atoms with van der Waals surface area (Å²) in [6.07, 6.45) is 3.55. The van der Waals surface area contributed by atoms with Crippen LogP contribution in [-0.4, -0.2) is 44.1 Å². The van der Waals surface area contributed by atoms with Gasteiger partial charge in [0.25, 0.3) is 11.5 Å². The molecular weight excluding hydrogens is 598 g/mol. The summed E-state index contributed by atoms with van der Waals surface area (Å²) in [4.78, 5) is 40.7. The molecule has 0 saturated heterocycles. The van der Waals surface area contributed by atoms with E-state index in [1.54, 1.807) is 12.1 Å². The summed E-state index contributed by atoms with van der Waals surface area (Å²) in [5.41, 5.74) is 0.693. The normalized spacial score (nSPS) is 13.9. The summed E-state index contributed by atoms with van der Waals surface area (Å²) >= 11 is 12.5. The van der Waals surface area contributed by atoms with Crippen LogP contribution in [0.1, 0.15) is 28.9 Å². The Hall–Kier alpha value is -4.20. The highest BCUT2D eigenvalue weighted by atomic mass is 35.5. The number of fused-ring (bicyclic) bond motifs is 4. The Labute approximate surface area is 239 Å². The van der Waals surface area contributed by atoms with E-state index in [0.717, 1.165) is 0 Å². The number of amides is 1. The van der Waals surface area contributed by atoms with Crippen molar-refractivity contribution in [3.63, 3.8) is 0 Å². The fourth-order valence-corrected chi connectivity index (χ4v) is 6.69. The van der Waals surface area contributed by atoms with E-state index in [9.17, 15) is 18.0 Å². The number of imidazole rings is 1. The van der Waals surface area contributed by atoms with Gasteiger partial charge in [0, 0.05) is 17.3 Å². The zero-order valence-electron chi connectivity index (χ0n) is 20.7. The number of aromatic amines is 2. The maximum Gasteiger partial charge on any atom is 0.282 e. The second-order valence-electron chi connectivity index (χ2n) is 9.65. The molecule has 3 N–H and O–H groups in total. The lowest BCUT2D eigenvalue weighted by atomic mass is 10.0. The Morgan fingerprint density at radius 2 is 2.02 bits per heavy atom. The van der Waals surface area contributed by atoms with Crippen molar-refractivity contribution in [2.24, 2.45) is 0 Å². The predicted octanol–water partition coefficient (Wildman–Crippen LogP) is 4.73. The van der Waals surface area contributed by atoms with Gasteiger partial charge >= 0.3 is 0 Å². The van der Waals surface area contributed by atoms with Crippen LogP contribution in [0.15, 0.2) is 52.0 Å². The molecule has 0 atom stereocenters. The molecule has 15 heteroatoms. The van der Waals surface area contributed by atoms with Gasteiger partial charge in [0.05, 0.1) is 45.4 Å². The number of rotatable bonds is 6. The number of aromatic nitrogens is 5. The van der Waals surface area contributed by atoms with Gasteiger partial charge in [0.1, 0.15) is 22.2 Å². The SMILES string of the molecule is O=C(NS(=O)(=O)C1CC1)c1c(-c2ccc[nH]c2=O)c2c3occc3c(F)cc2n1Cc1cc2[nH]c(Cl)nc2nc1Cl. The Balaban J connectivity index is 1.57.